The Bertz CT molecular complexity index is 2110. The first kappa shape index (κ1) is 49.4. The lowest BCUT2D eigenvalue weighted by Gasteiger charge is -2.14. The summed E-state index contributed by atoms with van der Waals surface area (Å²) in [5.41, 5.74) is 21.6. The molecule has 0 aliphatic heterocycles. The number of esters is 2. The highest BCUT2D eigenvalue weighted by Crippen LogP contribution is 2.10. The molecule has 316 valence electrons. The lowest BCUT2D eigenvalue weighted by molar-refractivity contribution is -0.169. The van der Waals surface area contributed by atoms with E-state index in [2.05, 4.69) is 0 Å². The van der Waals surface area contributed by atoms with E-state index in [4.69, 9.17) is 40.9 Å². The highest BCUT2D eigenvalue weighted by Gasteiger charge is 2.19. The van der Waals surface area contributed by atoms with Gasteiger partial charge in [-0.05, 0) is 74.1 Å². The van der Waals surface area contributed by atoms with E-state index < -0.39 is 63.1 Å². The van der Waals surface area contributed by atoms with Crippen molar-refractivity contribution in [3.63, 3.8) is 0 Å². The smallest absolute Gasteiger partial charge is 0.326 e. The van der Waals surface area contributed by atoms with Gasteiger partial charge in [-0.1, -0.05) is 126 Å². The third kappa shape index (κ3) is 20.5. The normalized spacial score (nSPS) is 12.3. The first-order valence-corrected chi connectivity index (χ1v) is 20.7. The number of carboxylic acid groups (broad SMARTS) is 1. The monoisotopic (exact) mass is 851 g/mol. The average Bonchev–Trinajstić information content (AvgIpc) is 3.19. The highest BCUT2D eigenvalue weighted by molar-refractivity contribution is 7.86. The van der Waals surface area contributed by atoms with Gasteiger partial charge in [-0.3, -0.25) is 23.5 Å². The van der Waals surface area contributed by atoms with Gasteiger partial charge in [-0.15, -0.1) is 0 Å². The van der Waals surface area contributed by atoms with Gasteiger partial charge in [0.1, 0.15) is 18.1 Å². The Morgan fingerprint density at radius 1 is 0.492 bits per heavy atom. The van der Waals surface area contributed by atoms with Crippen LogP contribution in [0.1, 0.15) is 27.8 Å². The van der Waals surface area contributed by atoms with Crippen LogP contribution in [0.5, 0.6) is 0 Å². The Labute approximate surface area is 344 Å². The lowest BCUT2D eigenvalue weighted by Crippen LogP contribution is -2.37. The number of rotatable bonds is 13. The van der Waals surface area contributed by atoms with Gasteiger partial charge in [-0.2, -0.15) is 16.8 Å². The van der Waals surface area contributed by atoms with Gasteiger partial charge in [0.25, 0.3) is 20.2 Å². The van der Waals surface area contributed by atoms with Crippen LogP contribution in [0.4, 0.5) is 0 Å². The van der Waals surface area contributed by atoms with Gasteiger partial charge in [0.15, 0.2) is 0 Å². The van der Waals surface area contributed by atoms with Gasteiger partial charge in [0.2, 0.25) is 6.79 Å². The molecule has 0 saturated carbocycles. The SMILES string of the molecule is Cc1ccc(S(=O)(=O)O)cc1.Cc1ccc(S(=O)(=O)O)cc1.NC(Cc1ccccc1)C(=O)O.NC(Cc1ccccc1)C(=O)OCOC(=O)C(N)Cc1ccccc1. The quantitative estimate of drug-likeness (QED) is 0.0548. The number of carbonyl (C=O) groups excluding carboxylic acids is 2. The van der Waals surface area contributed by atoms with E-state index in [9.17, 15) is 31.2 Å². The molecular weight excluding hydrogens is 803 g/mol. The van der Waals surface area contributed by atoms with E-state index in [1.165, 1.54) is 24.3 Å². The molecule has 0 spiro atoms. The number of hydrogen-bond acceptors (Lipinski definition) is 12. The number of aliphatic carboxylic acids is 1. The van der Waals surface area contributed by atoms with Crippen LogP contribution in [0.25, 0.3) is 0 Å². The summed E-state index contributed by atoms with van der Waals surface area (Å²) in [6.07, 6.45) is 1.08. The molecular formula is C42H49N3O12S2. The number of nitrogens with two attached hydrogens (primary N) is 3. The first-order chi connectivity index (χ1) is 27.8. The second-order valence-electron chi connectivity index (χ2n) is 12.8. The molecule has 59 heavy (non-hydrogen) atoms. The molecule has 17 heteroatoms. The summed E-state index contributed by atoms with van der Waals surface area (Å²) in [6.45, 7) is 3.18. The summed E-state index contributed by atoms with van der Waals surface area (Å²) in [6, 6.07) is 37.6. The molecule has 0 saturated heterocycles. The predicted molar refractivity (Wildman–Crippen MR) is 221 cm³/mol. The minimum absolute atomic E-state index is 0.0666. The fraction of sp³-hybridized carbons (Fsp3) is 0.214. The number of carbonyl (C=O) groups is 3. The van der Waals surface area contributed by atoms with Crippen LogP contribution in [0.15, 0.2) is 149 Å². The number of hydrogen-bond donors (Lipinski definition) is 6. The van der Waals surface area contributed by atoms with Crippen molar-refractivity contribution in [1.29, 1.82) is 0 Å². The topological polar surface area (TPSA) is 277 Å². The zero-order chi connectivity index (χ0) is 44.0. The molecule has 0 aromatic heterocycles. The minimum atomic E-state index is -4.02. The molecule has 15 nitrogen and oxygen atoms in total. The Kier molecular flexibility index (Phi) is 20.8. The van der Waals surface area contributed by atoms with Crippen LogP contribution in [-0.2, 0) is 63.4 Å². The van der Waals surface area contributed by atoms with E-state index in [0.29, 0.717) is 19.3 Å². The van der Waals surface area contributed by atoms with E-state index in [0.717, 1.165) is 27.8 Å². The highest BCUT2D eigenvalue weighted by atomic mass is 32.2. The second-order valence-corrected chi connectivity index (χ2v) is 15.7. The van der Waals surface area contributed by atoms with Gasteiger partial charge < -0.3 is 31.8 Å². The zero-order valence-corrected chi connectivity index (χ0v) is 34.0. The molecule has 0 aliphatic carbocycles. The van der Waals surface area contributed by atoms with Crippen molar-refractivity contribution in [2.75, 3.05) is 6.79 Å². The summed E-state index contributed by atoms with van der Waals surface area (Å²) in [5.74, 6) is -2.22. The summed E-state index contributed by atoms with van der Waals surface area (Å²) in [5, 5.41) is 8.52. The van der Waals surface area contributed by atoms with E-state index in [-0.39, 0.29) is 9.79 Å². The second kappa shape index (κ2) is 24.9. The fourth-order valence-corrected chi connectivity index (χ4v) is 5.60. The molecule has 0 heterocycles. The molecule has 0 amide bonds. The van der Waals surface area contributed by atoms with Crippen LogP contribution >= 0.6 is 0 Å². The lowest BCUT2D eigenvalue weighted by atomic mass is 10.1. The van der Waals surface area contributed by atoms with Crippen molar-refractivity contribution in [2.45, 2.75) is 61.0 Å². The molecule has 0 aliphatic rings. The van der Waals surface area contributed by atoms with Crippen LogP contribution in [0.2, 0.25) is 0 Å². The molecule has 0 fully saturated rings. The predicted octanol–water partition coefficient (Wildman–Crippen LogP) is 4.29. The molecule has 5 aromatic carbocycles. The molecule has 5 rings (SSSR count). The summed E-state index contributed by atoms with van der Waals surface area (Å²) < 4.78 is 68.9. The Balaban J connectivity index is 0.000000296. The van der Waals surface area contributed by atoms with E-state index in [1.807, 2.05) is 105 Å². The van der Waals surface area contributed by atoms with Gasteiger partial charge in [0, 0.05) is 0 Å². The van der Waals surface area contributed by atoms with Gasteiger partial charge in [-0.25, -0.2) is 0 Å². The maximum atomic E-state index is 11.8. The average molecular weight is 852 g/mol. The van der Waals surface area contributed by atoms with Crippen molar-refractivity contribution >= 4 is 38.1 Å². The standard InChI is InChI=1S/C19H22N2O4.C9H11NO2.2C7H8O3S/c20-16(11-14-7-3-1-4-8-14)18(22)24-13-25-19(23)17(21)12-15-9-5-2-6-10-15;10-8(9(11)12)6-7-4-2-1-3-5-7;2*1-6-2-4-7(5-3-6)11(8,9)10/h1-10,16-17H,11-13,20-21H2;1-5,8H,6,10H2,(H,11,12);2*2-5H,1H3,(H,8,9,10). The van der Waals surface area contributed by atoms with Crippen LogP contribution < -0.4 is 17.2 Å². The van der Waals surface area contributed by atoms with E-state index >= 15 is 0 Å². The summed E-state index contributed by atoms with van der Waals surface area (Å²) in [4.78, 5) is 33.9. The maximum absolute atomic E-state index is 11.8. The summed E-state index contributed by atoms with van der Waals surface area (Å²) in [7, 11) is -8.04. The first-order valence-electron chi connectivity index (χ1n) is 17.8. The molecule has 5 aromatic rings. The van der Waals surface area contributed by atoms with Crippen LogP contribution in [0.3, 0.4) is 0 Å². The number of carboxylic acids is 1. The van der Waals surface area contributed by atoms with Crippen molar-refractivity contribution in [3.05, 3.63) is 167 Å². The summed E-state index contributed by atoms with van der Waals surface area (Å²) >= 11 is 0. The van der Waals surface area contributed by atoms with Crippen LogP contribution in [-0.4, -0.2) is 73.9 Å². The number of aryl methyl sites for hydroxylation is 2. The van der Waals surface area contributed by atoms with Crippen molar-refractivity contribution in [3.8, 4) is 0 Å². The fourth-order valence-electron chi connectivity index (χ4n) is 4.64. The van der Waals surface area contributed by atoms with Crippen molar-refractivity contribution in [2.24, 2.45) is 17.2 Å². The number of benzene rings is 5. The molecule has 9 N–H and O–H groups in total. The zero-order valence-electron chi connectivity index (χ0n) is 32.4. The molecule has 0 bridgehead atoms. The van der Waals surface area contributed by atoms with Gasteiger partial charge in [0.05, 0.1) is 9.79 Å². The minimum Gasteiger partial charge on any atom is -0.480 e. The Hall–Kier alpha value is -5.79. The molecule has 0 radical (unpaired) electrons. The van der Waals surface area contributed by atoms with Crippen LogP contribution in [0, 0.1) is 13.8 Å². The molecule has 3 unspecified atom stereocenters. The Morgan fingerprint density at radius 3 is 1.02 bits per heavy atom. The van der Waals surface area contributed by atoms with Crippen molar-refractivity contribution < 1.29 is 54.9 Å². The maximum Gasteiger partial charge on any atom is 0.326 e. The Morgan fingerprint density at radius 2 is 0.763 bits per heavy atom. The third-order valence-corrected chi connectivity index (χ3v) is 9.59. The van der Waals surface area contributed by atoms with E-state index in [1.54, 1.807) is 24.3 Å². The molecule has 3 atom stereocenters. The largest absolute Gasteiger partial charge is 0.480 e. The van der Waals surface area contributed by atoms with Gasteiger partial charge >= 0.3 is 17.9 Å². The third-order valence-electron chi connectivity index (χ3n) is 7.86. The number of ether oxygens (including phenoxy) is 2. The van der Waals surface area contributed by atoms with Crippen molar-refractivity contribution in [1.82, 2.24) is 0 Å².